The van der Waals surface area contributed by atoms with Gasteiger partial charge in [0, 0.05) is 11.8 Å². The maximum atomic E-state index is 12.4. The molecule has 0 aliphatic rings. The fourth-order valence-electron chi connectivity index (χ4n) is 1.84. The van der Waals surface area contributed by atoms with Crippen molar-refractivity contribution in [3.05, 3.63) is 39.9 Å². The number of hydrogen-bond donors (Lipinski definition) is 2. The lowest BCUT2D eigenvalue weighted by atomic mass is 10.1. The summed E-state index contributed by atoms with van der Waals surface area (Å²) in [6.07, 6.45) is 0. The number of thiazole rings is 1. The van der Waals surface area contributed by atoms with Crippen LogP contribution in [0, 0.1) is 20.8 Å². The summed E-state index contributed by atoms with van der Waals surface area (Å²) in [6.45, 7) is 7.16. The zero-order valence-electron chi connectivity index (χ0n) is 12.4. The lowest BCUT2D eigenvalue weighted by molar-refractivity contribution is -0.114. The van der Waals surface area contributed by atoms with Crippen LogP contribution in [0.4, 0.5) is 10.8 Å². The molecule has 0 bridgehead atoms. The highest BCUT2D eigenvalue weighted by molar-refractivity contribution is 7.15. The molecule has 0 aliphatic carbocycles. The summed E-state index contributed by atoms with van der Waals surface area (Å²) in [5.41, 5.74) is 2.77. The highest BCUT2D eigenvalue weighted by Crippen LogP contribution is 2.24. The third-order valence-corrected chi connectivity index (χ3v) is 3.97. The van der Waals surface area contributed by atoms with Gasteiger partial charge in [-0.3, -0.25) is 14.9 Å². The third kappa shape index (κ3) is 3.66. The topological polar surface area (TPSA) is 71.1 Å². The van der Waals surface area contributed by atoms with Crippen LogP contribution in [0.25, 0.3) is 0 Å². The molecule has 6 heteroatoms. The molecule has 2 aromatic rings. The van der Waals surface area contributed by atoms with E-state index in [1.807, 2.05) is 26.8 Å². The third-order valence-electron chi connectivity index (χ3n) is 2.98. The van der Waals surface area contributed by atoms with Gasteiger partial charge in [-0.05, 0) is 32.9 Å². The molecule has 0 unspecified atom stereocenters. The van der Waals surface area contributed by atoms with E-state index >= 15 is 0 Å². The molecule has 0 fully saturated rings. The van der Waals surface area contributed by atoms with Gasteiger partial charge in [0.15, 0.2) is 5.13 Å². The number of carbonyl (C=O) groups is 2. The van der Waals surface area contributed by atoms with Crippen molar-refractivity contribution in [2.24, 2.45) is 0 Å². The minimum absolute atomic E-state index is 0.214. The first-order valence-electron chi connectivity index (χ1n) is 6.50. The van der Waals surface area contributed by atoms with E-state index in [9.17, 15) is 9.59 Å². The van der Waals surface area contributed by atoms with E-state index in [1.54, 1.807) is 12.1 Å². The number of nitrogens with zero attached hydrogens (tertiary/aromatic N) is 1. The van der Waals surface area contributed by atoms with E-state index in [1.165, 1.54) is 18.3 Å². The van der Waals surface area contributed by atoms with Crippen molar-refractivity contribution in [3.63, 3.8) is 0 Å². The van der Waals surface area contributed by atoms with Gasteiger partial charge >= 0.3 is 0 Å². The van der Waals surface area contributed by atoms with Crippen molar-refractivity contribution in [1.29, 1.82) is 0 Å². The Morgan fingerprint density at radius 2 is 1.86 bits per heavy atom. The maximum absolute atomic E-state index is 12.4. The highest BCUT2D eigenvalue weighted by atomic mass is 32.1. The fourth-order valence-corrected chi connectivity index (χ4v) is 2.64. The molecule has 0 atom stereocenters. The lowest BCUT2D eigenvalue weighted by Crippen LogP contribution is -2.16. The zero-order valence-corrected chi connectivity index (χ0v) is 13.2. The standard InChI is InChI=1S/C15H17N3O2S/c1-8-5-6-13(17-11(4)19)12(7-8)14(20)18-15-16-9(2)10(3)21-15/h5-7H,1-4H3,(H,17,19)(H,16,18,20). The Morgan fingerprint density at radius 1 is 1.14 bits per heavy atom. The molecular formula is C15H17N3O2S. The van der Waals surface area contributed by atoms with Gasteiger partial charge in [0.05, 0.1) is 16.9 Å². The largest absolute Gasteiger partial charge is 0.326 e. The van der Waals surface area contributed by atoms with Gasteiger partial charge in [0.2, 0.25) is 5.91 Å². The predicted octanol–water partition coefficient (Wildman–Crippen LogP) is 3.28. The maximum Gasteiger partial charge on any atom is 0.259 e. The molecule has 21 heavy (non-hydrogen) atoms. The number of amides is 2. The summed E-state index contributed by atoms with van der Waals surface area (Å²) < 4.78 is 0. The van der Waals surface area contributed by atoms with E-state index in [0.29, 0.717) is 16.4 Å². The summed E-state index contributed by atoms with van der Waals surface area (Å²) in [5, 5.41) is 6.01. The molecular weight excluding hydrogens is 286 g/mol. The molecule has 0 radical (unpaired) electrons. The molecule has 1 heterocycles. The van der Waals surface area contributed by atoms with E-state index in [0.717, 1.165) is 16.1 Å². The monoisotopic (exact) mass is 303 g/mol. The number of carbonyl (C=O) groups excluding carboxylic acids is 2. The molecule has 1 aromatic carbocycles. The van der Waals surface area contributed by atoms with Crippen LogP contribution in [-0.4, -0.2) is 16.8 Å². The van der Waals surface area contributed by atoms with Gasteiger partial charge in [-0.1, -0.05) is 11.6 Å². The predicted molar refractivity (Wildman–Crippen MR) is 85.0 cm³/mol. The average molecular weight is 303 g/mol. The van der Waals surface area contributed by atoms with Gasteiger partial charge in [0.25, 0.3) is 5.91 Å². The van der Waals surface area contributed by atoms with E-state index in [2.05, 4.69) is 15.6 Å². The molecule has 0 saturated heterocycles. The summed E-state index contributed by atoms with van der Waals surface area (Å²) in [6, 6.07) is 5.32. The van der Waals surface area contributed by atoms with Crippen LogP contribution in [0.3, 0.4) is 0 Å². The molecule has 2 N–H and O–H groups in total. The van der Waals surface area contributed by atoms with Crippen molar-refractivity contribution in [2.45, 2.75) is 27.7 Å². The lowest BCUT2D eigenvalue weighted by Gasteiger charge is -2.10. The molecule has 2 amide bonds. The van der Waals surface area contributed by atoms with Gasteiger partial charge < -0.3 is 5.32 Å². The minimum atomic E-state index is -0.281. The summed E-state index contributed by atoms with van der Waals surface area (Å²) in [7, 11) is 0. The SMILES string of the molecule is CC(=O)Nc1ccc(C)cc1C(=O)Nc1nc(C)c(C)s1. The molecule has 0 aliphatic heterocycles. The molecule has 1 aromatic heterocycles. The van der Waals surface area contributed by atoms with Crippen LogP contribution in [0.15, 0.2) is 18.2 Å². The van der Waals surface area contributed by atoms with Crippen molar-refractivity contribution in [2.75, 3.05) is 10.6 Å². The van der Waals surface area contributed by atoms with Crippen molar-refractivity contribution < 1.29 is 9.59 Å². The van der Waals surface area contributed by atoms with E-state index in [4.69, 9.17) is 0 Å². The quantitative estimate of drug-likeness (QED) is 0.914. The normalized spacial score (nSPS) is 10.3. The first-order valence-corrected chi connectivity index (χ1v) is 7.32. The number of rotatable bonds is 3. The number of aryl methyl sites for hydroxylation is 3. The van der Waals surface area contributed by atoms with E-state index < -0.39 is 0 Å². The highest BCUT2D eigenvalue weighted by Gasteiger charge is 2.15. The molecule has 2 rings (SSSR count). The Hall–Kier alpha value is -2.21. The first-order chi connectivity index (χ1) is 9.86. The Balaban J connectivity index is 2.29. The number of anilines is 2. The second kappa shape index (κ2) is 6.05. The number of aromatic nitrogens is 1. The average Bonchev–Trinajstić information content (AvgIpc) is 2.69. The van der Waals surface area contributed by atoms with Crippen molar-refractivity contribution >= 4 is 34.0 Å². The molecule has 0 spiro atoms. The molecule has 110 valence electrons. The van der Waals surface area contributed by atoms with Crippen LogP contribution >= 0.6 is 11.3 Å². The number of benzene rings is 1. The van der Waals surface area contributed by atoms with Crippen LogP contribution in [0.2, 0.25) is 0 Å². The van der Waals surface area contributed by atoms with Gasteiger partial charge in [-0.25, -0.2) is 4.98 Å². The molecule has 5 nitrogen and oxygen atoms in total. The zero-order chi connectivity index (χ0) is 15.6. The van der Waals surface area contributed by atoms with Gasteiger partial charge in [-0.15, -0.1) is 11.3 Å². The van der Waals surface area contributed by atoms with Crippen LogP contribution in [-0.2, 0) is 4.79 Å². The minimum Gasteiger partial charge on any atom is -0.326 e. The number of nitrogens with one attached hydrogen (secondary N) is 2. The summed E-state index contributed by atoms with van der Waals surface area (Å²) in [5.74, 6) is -0.495. The van der Waals surface area contributed by atoms with Gasteiger partial charge in [-0.2, -0.15) is 0 Å². The second-order valence-electron chi connectivity index (χ2n) is 4.84. The Bertz CT molecular complexity index is 687. The Labute approximate surface area is 127 Å². The molecule has 0 saturated carbocycles. The van der Waals surface area contributed by atoms with Crippen LogP contribution in [0.5, 0.6) is 0 Å². The smallest absolute Gasteiger partial charge is 0.259 e. The van der Waals surface area contributed by atoms with Crippen LogP contribution in [0.1, 0.15) is 33.4 Å². The van der Waals surface area contributed by atoms with Crippen molar-refractivity contribution in [3.8, 4) is 0 Å². The van der Waals surface area contributed by atoms with Crippen molar-refractivity contribution in [1.82, 2.24) is 4.98 Å². The first kappa shape index (κ1) is 15.2. The second-order valence-corrected chi connectivity index (χ2v) is 6.05. The Morgan fingerprint density at radius 3 is 2.43 bits per heavy atom. The number of hydrogen-bond acceptors (Lipinski definition) is 4. The van der Waals surface area contributed by atoms with E-state index in [-0.39, 0.29) is 11.8 Å². The van der Waals surface area contributed by atoms with Gasteiger partial charge in [0.1, 0.15) is 0 Å². The summed E-state index contributed by atoms with van der Waals surface area (Å²) in [4.78, 5) is 29.0. The summed E-state index contributed by atoms with van der Waals surface area (Å²) >= 11 is 1.43. The van der Waals surface area contributed by atoms with Crippen LogP contribution < -0.4 is 10.6 Å². The fraction of sp³-hybridized carbons (Fsp3) is 0.267. The Kier molecular flexibility index (Phi) is 4.37.